The van der Waals surface area contributed by atoms with E-state index >= 15 is 0 Å². The zero-order valence-corrected chi connectivity index (χ0v) is 16.7. The van der Waals surface area contributed by atoms with Gasteiger partial charge in [0, 0.05) is 22.2 Å². The first-order chi connectivity index (χ1) is 11.8. The second-order valence-electron chi connectivity index (χ2n) is 5.12. The summed E-state index contributed by atoms with van der Waals surface area (Å²) in [5.41, 5.74) is -0.111. The number of pyridine rings is 1. The minimum atomic E-state index is -0.655. The molecule has 9 heteroatoms. The molecule has 0 aliphatic carbocycles. The Kier molecular flexibility index (Phi) is 7.25. The van der Waals surface area contributed by atoms with Crippen LogP contribution in [-0.4, -0.2) is 23.3 Å². The third-order valence-electron chi connectivity index (χ3n) is 2.82. The molecular weight excluding hydrogens is 406 g/mol. The normalized spacial score (nSPS) is 10.8. The van der Waals surface area contributed by atoms with E-state index in [-0.39, 0.29) is 16.7 Å². The summed E-state index contributed by atoms with van der Waals surface area (Å²) >= 11 is 14.6. The first kappa shape index (κ1) is 20.2. The molecule has 0 atom stereocenters. The molecule has 4 nitrogen and oxygen atoms in total. The van der Waals surface area contributed by atoms with E-state index in [1.807, 2.05) is 13.8 Å². The minimum Gasteiger partial charge on any atom is -0.474 e. The number of hydrogen-bond acceptors (Lipinski definition) is 5. The summed E-state index contributed by atoms with van der Waals surface area (Å²) in [5, 5.41) is 0.613. The maximum atomic E-state index is 14.2. The molecule has 1 amide bonds. The summed E-state index contributed by atoms with van der Waals surface area (Å²) in [4.78, 5) is 17.1. The summed E-state index contributed by atoms with van der Waals surface area (Å²) in [6, 6.07) is 4.18. The van der Waals surface area contributed by atoms with Crippen LogP contribution < -0.4 is 9.46 Å². The van der Waals surface area contributed by atoms with Crippen LogP contribution in [0.2, 0.25) is 10.0 Å². The molecular formula is C16H15Cl2FN2O2S2. The van der Waals surface area contributed by atoms with Crippen molar-refractivity contribution in [2.75, 3.05) is 6.26 Å². The summed E-state index contributed by atoms with van der Waals surface area (Å²) < 4.78 is 22.1. The Labute approximate surface area is 164 Å². The number of benzene rings is 1. The zero-order chi connectivity index (χ0) is 18.6. The van der Waals surface area contributed by atoms with Crippen molar-refractivity contribution in [3.63, 3.8) is 0 Å². The number of halogens is 3. The highest BCUT2D eigenvalue weighted by Crippen LogP contribution is 2.37. The van der Waals surface area contributed by atoms with Crippen LogP contribution in [0, 0.1) is 5.82 Å². The van der Waals surface area contributed by atoms with Crippen molar-refractivity contribution in [3.05, 3.63) is 45.8 Å². The van der Waals surface area contributed by atoms with Crippen LogP contribution in [0.4, 0.5) is 4.39 Å². The standard InChI is InChI=1S/C16H15Cl2FN2O2S2/c1-8(2)23-16-12(18)4-9(7-20-16)25-14-6-13(19)10(5-11(14)17)15(22)21-24-3/h4-8H,1-3H3,(H,21,22). The number of amides is 1. The molecule has 134 valence electrons. The van der Waals surface area contributed by atoms with Gasteiger partial charge in [-0.3, -0.25) is 9.52 Å². The Hall–Kier alpha value is -1.15. The molecule has 0 aliphatic heterocycles. The van der Waals surface area contributed by atoms with Crippen LogP contribution in [0.15, 0.2) is 34.2 Å². The Morgan fingerprint density at radius 3 is 2.60 bits per heavy atom. The predicted molar refractivity (Wildman–Crippen MR) is 102 cm³/mol. The predicted octanol–water partition coefficient (Wildman–Crippen LogP) is 5.47. The van der Waals surface area contributed by atoms with Gasteiger partial charge < -0.3 is 4.74 Å². The van der Waals surface area contributed by atoms with Gasteiger partial charge in [-0.05, 0) is 32.0 Å². The van der Waals surface area contributed by atoms with Crippen molar-refractivity contribution in [1.29, 1.82) is 0 Å². The molecule has 0 aliphatic rings. The largest absolute Gasteiger partial charge is 0.474 e. The Balaban J connectivity index is 2.24. The SMILES string of the molecule is CSNC(=O)c1cc(Cl)c(Sc2cnc(OC(C)C)c(Cl)c2)cc1F. The van der Waals surface area contributed by atoms with Crippen molar-refractivity contribution in [2.24, 2.45) is 0 Å². The molecule has 2 rings (SSSR count). The van der Waals surface area contributed by atoms with E-state index in [0.717, 1.165) is 11.9 Å². The number of carbonyl (C=O) groups is 1. The molecule has 0 radical (unpaired) electrons. The highest BCUT2D eigenvalue weighted by molar-refractivity contribution is 7.99. The maximum Gasteiger partial charge on any atom is 0.264 e. The van der Waals surface area contributed by atoms with Crippen molar-refractivity contribution in [1.82, 2.24) is 9.71 Å². The maximum absolute atomic E-state index is 14.2. The first-order valence-electron chi connectivity index (χ1n) is 7.14. The van der Waals surface area contributed by atoms with Gasteiger partial charge in [-0.15, -0.1) is 0 Å². The van der Waals surface area contributed by atoms with Crippen LogP contribution >= 0.6 is 46.9 Å². The fourth-order valence-electron chi connectivity index (χ4n) is 1.83. The van der Waals surface area contributed by atoms with Gasteiger partial charge >= 0.3 is 0 Å². The van der Waals surface area contributed by atoms with Crippen molar-refractivity contribution in [3.8, 4) is 5.88 Å². The van der Waals surface area contributed by atoms with E-state index in [1.54, 1.807) is 18.5 Å². The third kappa shape index (κ3) is 5.41. The molecule has 25 heavy (non-hydrogen) atoms. The second-order valence-corrected chi connectivity index (χ2v) is 7.67. The number of ether oxygens (including phenoxy) is 1. The highest BCUT2D eigenvalue weighted by atomic mass is 35.5. The highest BCUT2D eigenvalue weighted by Gasteiger charge is 2.16. The average Bonchev–Trinajstić information content (AvgIpc) is 2.53. The van der Waals surface area contributed by atoms with E-state index in [1.165, 1.54) is 23.9 Å². The van der Waals surface area contributed by atoms with Crippen LogP contribution in [0.5, 0.6) is 5.88 Å². The number of carbonyl (C=O) groups excluding carboxylic acids is 1. The third-order valence-corrected chi connectivity index (χ3v) is 4.92. The molecule has 0 saturated heterocycles. The molecule has 0 spiro atoms. The summed E-state index contributed by atoms with van der Waals surface area (Å²) in [5.74, 6) is -0.858. The number of nitrogens with one attached hydrogen (secondary N) is 1. The molecule has 1 aromatic carbocycles. The Bertz CT molecular complexity index is 791. The van der Waals surface area contributed by atoms with E-state index in [4.69, 9.17) is 27.9 Å². The second kappa shape index (κ2) is 8.98. The van der Waals surface area contributed by atoms with Gasteiger partial charge in [0.1, 0.15) is 10.8 Å². The summed E-state index contributed by atoms with van der Waals surface area (Å²) in [7, 11) is 0. The molecule has 0 unspecified atom stereocenters. The topological polar surface area (TPSA) is 51.2 Å². The van der Waals surface area contributed by atoms with Gasteiger partial charge in [0.15, 0.2) is 0 Å². The molecule has 1 heterocycles. The average molecular weight is 421 g/mol. The van der Waals surface area contributed by atoms with Crippen LogP contribution in [0.1, 0.15) is 24.2 Å². The monoisotopic (exact) mass is 420 g/mol. The van der Waals surface area contributed by atoms with Crippen LogP contribution in [0.25, 0.3) is 0 Å². The van der Waals surface area contributed by atoms with Gasteiger partial charge in [-0.25, -0.2) is 9.37 Å². The van der Waals surface area contributed by atoms with Gasteiger partial charge in [-0.1, -0.05) is 46.9 Å². The summed E-state index contributed by atoms with van der Waals surface area (Å²) in [6.45, 7) is 3.75. The fourth-order valence-corrected chi connectivity index (χ4v) is 3.53. The van der Waals surface area contributed by atoms with Gasteiger partial charge in [0.2, 0.25) is 5.88 Å². The number of aromatic nitrogens is 1. The quantitative estimate of drug-likeness (QED) is 0.627. The van der Waals surface area contributed by atoms with E-state index in [0.29, 0.717) is 20.7 Å². The molecule has 1 N–H and O–H groups in total. The Morgan fingerprint density at radius 1 is 1.28 bits per heavy atom. The van der Waals surface area contributed by atoms with Crippen LogP contribution in [-0.2, 0) is 0 Å². The van der Waals surface area contributed by atoms with E-state index < -0.39 is 11.7 Å². The van der Waals surface area contributed by atoms with Crippen molar-refractivity contribution < 1.29 is 13.9 Å². The minimum absolute atomic E-state index is 0.0491. The van der Waals surface area contributed by atoms with E-state index in [9.17, 15) is 9.18 Å². The lowest BCUT2D eigenvalue weighted by molar-refractivity contribution is 0.0980. The molecule has 2 aromatic rings. The number of nitrogens with zero attached hydrogens (tertiary/aromatic N) is 1. The number of rotatable bonds is 6. The zero-order valence-electron chi connectivity index (χ0n) is 13.6. The van der Waals surface area contributed by atoms with Crippen molar-refractivity contribution >= 4 is 52.8 Å². The Morgan fingerprint density at radius 2 is 2.00 bits per heavy atom. The number of hydrogen-bond donors (Lipinski definition) is 1. The molecule has 1 aromatic heterocycles. The van der Waals surface area contributed by atoms with Gasteiger partial charge in [0.25, 0.3) is 5.91 Å². The smallest absolute Gasteiger partial charge is 0.264 e. The van der Waals surface area contributed by atoms with Gasteiger partial charge in [-0.2, -0.15) is 0 Å². The molecule has 0 fully saturated rings. The lowest BCUT2D eigenvalue weighted by Gasteiger charge is -2.11. The lowest BCUT2D eigenvalue weighted by atomic mass is 10.2. The van der Waals surface area contributed by atoms with Gasteiger partial charge in [0.05, 0.1) is 16.7 Å². The van der Waals surface area contributed by atoms with E-state index in [2.05, 4.69) is 9.71 Å². The lowest BCUT2D eigenvalue weighted by Crippen LogP contribution is -2.16. The first-order valence-corrected chi connectivity index (χ1v) is 9.94. The van der Waals surface area contributed by atoms with Crippen molar-refractivity contribution in [2.45, 2.75) is 29.7 Å². The molecule has 0 saturated carbocycles. The van der Waals surface area contributed by atoms with Crippen LogP contribution in [0.3, 0.4) is 0 Å². The summed E-state index contributed by atoms with van der Waals surface area (Å²) in [6.07, 6.45) is 3.19. The fraction of sp³-hybridized carbons (Fsp3) is 0.250. The molecule has 0 bridgehead atoms.